The molecule has 0 aromatic carbocycles. The predicted octanol–water partition coefficient (Wildman–Crippen LogP) is 2.73. The highest BCUT2D eigenvalue weighted by molar-refractivity contribution is 6.18. The van der Waals surface area contributed by atoms with Crippen molar-refractivity contribution in [1.29, 1.82) is 0 Å². The zero-order valence-corrected chi connectivity index (χ0v) is 10.1. The van der Waals surface area contributed by atoms with Crippen molar-refractivity contribution in [2.75, 3.05) is 5.88 Å². The number of hydrogen-bond donors (Lipinski definition) is 1. The first-order valence-corrected chi connectivity index (χ1v) is 6.16. The van der Waals surface area contributed by atoms with Crippen LogP contribution in [-0.2, 0) is 0 Å². The van der Waals surface area contributed by atoms with Crippen LogP contribution in [0.15, 0.2) is 16.7 Å². The van der Waals surface area contributed by atoms with Gasteiger partial charge in [-0.05, 0) is 31.7 Å². The van der Waals surface area contributed by atoms with Gasteiger partial charge in [0, 0.05) is 17.5 Å². The molecule has 0 bridgehead atoms. The van der Waals surface area contributed by atoms with Gasteiger partial charge in [-0.3, -0.25) is 4.79 Å². The van der Waals surface area contributed by atoms with Gasteiger partial charge in [0.25, 0.3) is 5.91 Å². The molecule has 0 saturated heterocycles. The highest BCUT2D eigenvalue weighted by atomic mass is 35.5. The van der Waals surface area contributed by atoms with Gasteiger partial charge in [-0.2, -0.15) is 0 Å². The Kier molecular flexibility index (Phi) is 3.54. The molecule has 16 heavy (non-hydrogen) atoms. The fourth-order valence-corrected chi connectivity index (χ4v) is 2.62. The highest BCUT2D eigenvalue weighted by Crippen LogP contribution is 2.27. The van der Waals surface area contributed by atoms with Crippen LogP contribution in [0.1, 0.15) is 35.4 Å². The third kappa shape index (κ3) is 2.24. The molecule has 0 spiro atoms. The Morgan fingerprint density at radius 1 is 1.62 bits per heavy atom. The molecule has 1 heterocycles. The third-order valence-electron chi connectivity index (χ3n) is 3.24. The van der Waals surface area contributed by atoms with Crippen molar-refractivity contribution < 1.29 is 9.21 Å². The minimum atomic E-state index is -0.121. The fourth-order valence-electron chi connectivity index (χ4n) is 2.25. The molecule has 1 N–H and O–H groups in total. The summed E-state index contributed by atoms with van der Waals surface area (Å²) in [5, 5.41) is 3.01. The van der Waals surface area contributed by atoms with E-state index < -0.39 is 0 Å². The fraction of sp³-hybridized carbons (Fsp3) is 0.583. The number of nitrogens with one attached hydrogen (secondary N) is 1. The van der Waals surface area contributed by atoms with Gasteiger partial charge in [0.1, 0.15) is 0 Å². The molecule has 0 aliphatic heterocycles. The summed E-state index contributed by atoms with van der Waals surface area (Å²) in [5.41, 5.74) is 0.873. The summed E-state index contributed by atoms with van der Waals surface area (Å²) in [5.74, 6) is 1.31. The lowest BCUT2D eigenvalue weighted by atomic mass is 10.1. The SMILES string of the molecule is Cc1ccoc1C(=O)NC1CCCC1CCl. The van der Waals surface area contributed by atoms with E-state index in [2.05, 4.69) is 5.32 Å². The molecule has 2 atom stereocenters. The molecule has 2 rings (SSSR count). The van der Waals surface area contributed by atoms with Crippen LogP contribution in [0.4, 0.5) is 0 Å². The second-order valence-corrected chi connectivity index (χ2v) is 4.67. The average Bonchev–Trinajstić information content (AvgIpc) is 2.86. The van der Waals surface area contributed by atoms with Crippen molar-refractivity contribution in [3.8, 4) is 0 Å². The Labute approximate surface area is 100 Å². The van der Waals surface area contributed by atoms with Crippen molar-refractivity contribution in [1.82, 2.24) is 5.32 Å². The number of alkyl halides is 1. The molecule has 1 aromatic rings. The number of rotatable bonds is 3. The second kappa shape index (κ2) is 4.91. The molecule has 2 unspecified atom stereocenters. The van der Waals surface area contributed by atoms with E-state index in [0.29, 0.717) is 17.6 Å². The summed E-state index contributed by atoms with van der Waals surface area (Å²) in [7, 11) is 0. The van der Waals surface area contributed by atoms with Gasteiger partial charge in [0.15, 0.2) is 5.76 Å². The van der Waals surface area contributed by atoms with E-state index in [1.807, 2.05) is 6.92 Å². The predicted molar refractivity (Wildman–Crippen MR) is 62.8 cm³/mol. The standard InChI is InChI=1S/C12H16ClNO2/c1-8-5-6-16-11(8)12(15)14-10-4-2-3-9(10)7-13/h5-6,9-10H,2-4,7H2,1H3,(H,14,15). The molecular weight excluding hydrogens is 226 g/mol. The number of carbonyl (C=O) groups excluding carboxylic acids is 1. The Morgan fingerprint density at radius 3 is 3.06 bits per heavy atom. The summed E-state index contributed by atoms with van der Waals surface area (Å²) >= 11 is 5.87. The molecule has 1 aliphatic carbocycles. The maximum absolute atomic E-state index is 11.9. The van der Waals surface area contributed by atoms with Crippen LogP contribution in [-0.4, -0.2) is 17.8 Å². The van der Waals surface area contributed by atoms with Crippen LogP contribution in [0.2, 0.25) is 0 Å². The van der Waals surface area contributed by atoms with E-state index in [4.69, 9.17) is 16.0 Å². The summed E-state index contributed by atoms with van der Waals surface area (Å²) in [4.78, 5) is 11.9. The minimum Gasteiger partial charge on any atom is -0.459 e. The maximum Gasteiger partial charge on any atom is 0.287 e. The van der Waals surface area contributed by atoms with E-state index in [1.54, 1.807) is 6.07 Å². The number of halogens is 1. The lowest BCUT2D eigenvalue weighted by Crippen LogP contribution is -2.38. The van der Waals surface area contributed by atoms with Gasteiger partial charge in [-0.25, -0.2) is 0 Å². The van der Waals surface area contributed by atoms with Gasteiger partial charge < -0.3 is 9.73 Å². The van der Waals surface area contributed by atoms with Gasteiger partial charge in [0.2, 0.25) is 0 Å². The zero-order valence-electron chi connectivity index (χ0n) is 9.33. The molecule has 3 nitrogen and oxygen atoms in total. The van der Waals surface area contributed by atoms with Crippen LogP contribution < -0.4 is 5.32 Å². The number of amides is 1. The molecule has 4 heteroatoms. The Hall–Kier alpha value is -0.960. The topological polar surface area (TPSA) is 42.2 Å². The van der Waals surface area contributed by atoms with Crippen LogP contribution in [0.3, 0.4) is 0 Å². The zero-order chi connectivity index (χ0) is 11.5. The molecule has 1 fully saturated rings. The largest absolute Gasteiger partial charge is 0.459 e. The summed E-state index contributed by atoms with van der Waals surface area (Å²) in [6.45, 7) is 1.87. The maximum atomic E-state index is 11.9. The molecule has 1 amide bonds. The van der Waals surface area contributed by atoms with Crippen LogP contribution in [0.25, 0.3) is 0 Å². The summed E-state index contributed by atoms with van der Waals surface area (Å²) < 4.78 is 5.16. The Bertz CT molecular complexity index is 375. The van der Waals surface area contributed by atoms with E-state index in [1.165, 1.54) is 6.26 Å². The van der Waals surface area contributed by atoms with Crippen LogP contribution in [0.5, 0.6) is 0 Å². The first-order chi connectivity index (χ1) is 7.72. The lowest BCUT2D eigenvalue weighted by Gasteiger charge is -2.18. The van der Waals surface area contributed by atoms with E-state index in [9.17, 15) is 4.79 Å². The Morgan fingerprint density at radius 2 is 2.44 bits per heavy atom. The number of furan rings is 1. The highest BCUT2D eigenvalue weighted by Gasteiger charge is 2.28. The number of carbonyl (C=O) groups is 1. The van der Waals surface area contributed by atoms with Crippen molar-refractivity contribution in [2.45, 2.75) is 32.2 Å². The van der Waals surface area contributed by atoms with Gasteiger partial charge in [0.05, 0.1) is 6.26 Å². The lowest BCUT2D eigenvalue weighted by molar-refractivity contribution is 0.0901. The number of hydrogen-bond acceptors (Lipinski definition) is 2. The van der Waals surface area contributed by atoms with E-state index in [-0.39, 0.29) is 11.9 Å². The first-order valence-electron chi connectivity index (χ1n) is 5.63. The van der Waals surface area contributed by atoms with E-state index >= 15 is 0 Å². The Balaban J connectivity index is 2.00. The molecule has 1 aliphatic rings. The molecular formula is C12H16ClNO2. The smallest absolute Gasteiger partial charge is 0.287 e. The van der Waals surface area contributed by atoms with Crippen LogP contribution in [0, 0.1) is 12.8 Å². The van der Waals surface area contributed by atoms with Crippen molar-refractivity contribution in [2.24, 2.45) is 5.92 Å². The normalized spacial score (nSPS) is 24.6. The van der Waals surface area contributed by atoms with Crippen LogP contribution >= 0.6 is 11.6 Å². The first kappa shape index (κ1) is 11.5. The quantitative estimate of drug-likeness (QED) is 0.827. The van der Waals surface area contributed by atoms with Gasteiger partial charge in [-0.15, -0.1) is 11.6 Å². The van der Waals surface area contributed by atoms with Gasteiger partial charge >= 0.3 is 0 Å². The third-order valence-corrected chi connectivity index (χ3v) is 3.64. The van der Waals surface area contributed by atoms with Gasteiger partial charge in [-0.1, -0.05) is 6.42 Å². The second-order valence-electron chi connectivity index (χ2n) is 4.36. The molecule has 0 radical (unpaired) electrons. The van der Waals surface area contributed by atoms with E-state index in [0.717, 1.165) is 24.8 Å². The average molecular weight is 242 g/mol. The molecule has 1 aromatic heterocycles. The molecule has 88 valence electrons. The van der Waals surface area contributed by atoms with Crippen molar-refractivity contribution >= 4 is 17.5 Å². The molecule has 1 saturated carbocycles. The van der Waals surface area contributed by atoms with Crippen molar-refractivity contribution in [3.63, 3.8) is 0 Å². The number of aryl methyl sites for hydroxylation is 1. The monoisotopic (exact) mass is 241 g/mol. The summed E-state index contributed by atoms with van der Waals surface area (Å²) in [6, 6.07) is 2.00. The van der Waals surface area contributed by atoms with Crippen molar-refractivity contribution in [3.05, 3.63) is 23.7 Å². The summed E-state index contributed by atoms with van der Waals surface area (Å²) in [6.07, 6.45) is 4.80. The minimum absolute atomic E-state index is 0.121.